The number of benzene rings is 1. The highest BCUT2D eigenvalue weighted by Gasteiger charge is 2.07. The Hall–Kier alpha value is -1.71. The number of hydrogen-bond donors (Lipinski definition) is 0. The molecule has 3 nitrogen and oxygen atoms in total. The molecule has 0 atom stereocenters. The zero-order valence-corrected chi connectivity index (χ0v) is 13.1. The average molecular weight is 283 g/mol. The number of aromatic nitrogens is 1. The normalized spacial score (nSPS) is 11.2. The third kappa shape index (κ3) is 6.06. The summed E-state index contributed by atoms with van der Waals surface area (Å²) >= 11 is 0. The molecule has 0 N–H and O–H groups in total. The van der Waals surface area contributed by atoms with Crippen molar-refractivity contribution in [3.63, 3.8) is 0 Å². The van der Waals surface area contributed by atoms with E-state index in [-0.39, 0.29) is 0 Å². The predicted octanol–water partition coefficient (Wildman–Crippen LogP) is 2.69. The van der Waals surface area contributed by atoms with Crippen LogP contribution in [0.25, 0.3) is 0 Å². The molecule has 1 aromatic carbocycles. The van der Waals surface area contributed by atoms with Crippen LogP contribution in [0.1, 0.15) is 11.1 Å². The average Bonchev–Trinajstić information content (AvgIpc) is 2.52. The highest BCUT2D eigenvalue weighted by Crippen LogP contribution is 2.06. The maximum absolute atomic E-state index is 4.09. The van der Waals surface area contributed by atoms with E-state index in [1.165, 1.54) is 11.1 Å². The van der Waals surface area contributed by atoms with Gasteiger partial charge in [0, 0.05) is 38.6 Å². The van der Waals surface area contributed by atoms with E-state index < -0.39 is 0 Å². The van der Waals surface area contributed by atoms with Crippen molar-refractivity contribution in [2.45, 2.75) is 13.0 Å². The molecule has 112 valence electrons. The first-order chi connectivity index (χ1) is 10.2. The molecule has 0 amide bonds. The van der Waals surface area contributed by atoms with Crippen molar-refractivity contribution in [1.82, 2.24) is 14.8 Å². The SMILES string of the molecule is CN(C)CCN(CCc1ccccc1)Cc1ccncc1. The molecule has 0 aliphatic rings. The van der Waals surface area contributed by atoms with Crippen molar-refractivity contribution in [2.75, 3.05) is 33.7 Å². The molecule has 0 unspecified atom stereocenters. The standard InChI is InChI=1S/C18H25N3/c1-20(2)14-15-21(16-18-8-11-19-12-9-18)13-10-17-6-4-3-5-7-17/h3-9,11-12H,10,13-16H2,1-2H3. The maximum atomic E-state index is 4.09. The molecule has 1 heterocycles. The van der Waals surface area contributed by atoms with Crippen LogP contribution in [0.5, 0.6) is 0 Å². The summed E-state index contributed by atoms with van der Waals surface area (Å²) in [6, 6.07) is 14.9. The van der Waals surface area contributed by atoms with Crippen molar-refractivity contribution in [3.8, 4) is 0 Å². The fraction of sp³-hybridized carbons (Fsp3) is 0.389. The first kappa shape index (κ1) is 15.7. The third-order valence-electron chi connectivity index (χ3n) is 3.58. The minimum Gasteiger partial charge on any atom is -0.308 e. The van der Waals surface area contributed by atoms with Gasteiger partial charge >= 0.3 is 0 Å². The zero-order valence-electron chi connectivity index (χ0n) is 13.1. The van der Waals surface area contributed by atoms with Crippen LogP contribution in [0.2, 0.25) is 0 Å². The third-order valence-corrected chi connectivity index (χ3v) is 3.58. The first-order valence-electron chi connectivity index (χ1n) is 7.54. The molecule has 0 bridgehead atoms. The molecular weight excluding hydrogens is 258 g/mol. The number of hydrogen-bond acceptors (Lipinski definition) is 3. The largest absolute Gasteiger partial charge is 0.308 e. The highest BCUT2D eigenvalue weighted by atomic mass is 15.2. The second-order valence-corrected chi connectivity index (χ2v) is 5.67. The van der Waals surface area contributed by atoms with Gasteiger partial charge in [-0.15, -0.1) is 0 Å². The summed E-state index contributed by atoms with van der Waals surface area (Å²) in [6.07, 6.45) is 4.84. The minimum atomic E-state index is 0.989. The monoisotopic (exact) mass is 283 g/mol. The minimum absolute atomic E-state index is 0.989. The van der Waals surface area contributed by atoms with Crippen molar-refractivity contribution >= 4 is 0 Å². The van der Waals surface area contributed by atoms with Crippen LogP contribution in [-0.2, 0) is 13.0 Å². The van der Waals surface area contributed by atoms with Gasteiger partial charge in [-0.05, 0) is 43.8 Å². The highest BCUT2D eigenvalue weighted by molar-refractivity contribution is 5.15. The van der Waals surface area contributed by atoms with Crippen molar-refractivity contribution in [2.24, 2.45) is 0 Å². The van der Waals surface area contributed by atoms with E-state index in [1.807, 2.05) is 12.4 Å². The number of pyridine rings is 1. The van der Waals surface area contributed by atoms with Gasteiger partial charge in [0.05, 0.1) is 0 Å². The predicted molar refractivity (Wildman–Crippen MR) is 88.2 cm³/mol. The van der Waals surface area contributed by atoms with Gasteiger partial charge in [0.2, 0.25) is 0 Å². The molecule has 0 aliphatic heterocycles. The van der Waals surface area contributed by atoms with Gasteiger partial charge in [-0.3, -0.25) is 9.88 Å². The molecule has 0 spiro atoms. The molecule has 0 fully saturated rings. The van der Waals surface area contributed by atoms with Gasteiger partial charge in [0.15, 0.2) is 0 Å². The van der Waals surface area contributed by atoms with E-state index in [1.54, 1.807) is 0 Å². The van der Waals surface area contributed by atoms with E-state index in [2.05, 4.69) is 71.3 Å². The molecule has 0 saturated heterocycles. The summed E-state index contributed by atoms with van der Waals surface area (Å²) in [5.74, 6) is 0. The van der Waals surface area contributed by atoms with Gasteiger partial charge in [-0.2, -0.15) is 0 Å². The fourth-order valence-corrected chi connectivity index (χ4v) is 2.29. The van der Waals surface area contributed by atoms with Gasteiger partial charge < -0.3 is 4.90 Å². The van der Waals surface area contributed by atoms with Gasteiger partial charge in [-0.1, -0.05) is 30.3 Å². The van der Waals surface area contributed by atoms with Crippen LogP contribution in [-0.4, -0.2) is 48.5 Å². The number of rotatable bonds is 8. The summed E-state index contributed by atoms with van der Waals surface area (Å²) in [4.78, 5) is 8.85. The molecule has 2 rings (SSSR count). The van der Waals surface area contributed by atoms with E-state index in [0.717, 1.165) is 32.6 Å². The van der Waals surface area contributed by atoms with Crippen LogP contribution in [0, 0.1) is 0 Å². The molecular formula is C18H25N3. The summed E-state index contributed by atoms with van der Waals surface area (Å²) in [5.41, 5.74) is 2.74. The van der Waals surface area contributed by atoms with Crippen molar-refractivity contribution in [3.05, 3.63) is 66.0 Å². The van der Waals surface area contributed by atoms with Gasteiger partial charge in [0.25, 0.3) is 0 Å². The summed E-state index contributed by atoms with van der Waals surface area (Å²) in [6.45, 7) is 4.24. The van der Waals surface area contributed by atoms with Crippen LogP contribution >= 0.6 is 0 Å². The Labute approximate surface area is 128 Å². The molecule has 3 heteroatoms. The quantitative estimate of drug-likeness (QED) is 0.742. The molecule has 21 heavy (non-hydrogen) atoms. The van der Waals surface area contributed by atoms with Crippen LogP contribution in [0.3, 0.4) is 0 Å². The summed E-state index contributed by atoms with van der Waals surface area (Å²) < 4.78 is 0. The second-order valence-electron chi connectivity index (χ2n) is 5.67. The zero-order chi connectivity index (χ0) is 14.9. The smallest absolute Gasteiger partial charge is 0.0271 e. The lowest BCUT2D eigenvalue weighted by Gasteiger charge is -2.24. The summed E-state index contributed by atoms with van der Waals surface area (Å²) in [7, 11) is 4.25. The fourth-order valence-electron chi connectivity index (χ4n) is 2.29. The van der Waals surface area contributed by atoms with E-state index >= 15 is 0 Å². The van der Waals surface area contributed by atoms with E-state index in [9.17, 15) is 0 Å². The topological polar surface area (TPSA) is 19.4 Å². The Balaban J connectivity index is 1.91. The van der Waals surface area contributed by atoms with Crippen LogP contribution < -0.4 is 0 Å². The van der Waals surface area contributed by atoms with E-state index in [4.69, 9.17) is 0 Å². The van der Waals surface area contributed by atoms with Gasteiger partial charge in [-0.25, -0.2) is 0 Å². The number of likely N-dealkylation sites (N-methyl/N-ethyl adjacent to an activating group) is 1. The molecule has 0 saturated carbocycles. The second kappa shape index (κ2) is 8.55. The molecule has 2 aromatic rings. The lowest BCUT2D eigenvalue weighted by atomic mass is 10.1. The number of nitrogens with zero attached hydrogens (tertiary/aromatic N) is 3. The van der Waals surface area contributed by atoms with Crippen molar-refractivity contribution in [1.29, 1.82) is 0 Å². The molecule has 1 aromatic heterocycles. The Morgan fingerprint density at radius 3 is 2.19 bits per heavy atom. The van der Waals surface area contributed by atoms with Gasteiger partial charge in [0.1, 0.15) is 0 Å². The summed E-state index contributed by atoms with van der Waals surface area (Å²) in [5, 5.41) is 0. The Morgan fingerprint density at radius 2 is 1.52 bits per heavy atom. The lowest BCUT2D eigenvalue weighted by molar-refractivity contribution is 0.236. The molecule has 0 aliphatic carbocycles. The van der Waals surface area contributed by atoms with E-state index in [0.29, 0.717) is 0 Å². The Morgan fingerprint density at radius 1 is 0.810 bits per heavy atom. The Bertz CT molecular complexity index is 496. The van der Waals surface area contributed by atoms with Crippen LogP contribution in [0.4, 0.5) is 0 Å². The first-order valence-corrected chi connectivity index (χ1v) is 7.54. The van der Waals surface area contributed by atoms with Crippen LogP contribution in [0.15, 0.2) is 54.9 Å². The molecule has 0 radical (unpaired) electrons. The van der Waals surface area contributed by atoms with Crippen molar-refractivity contribution < 1.29 is 0 Å². The maximum Gasteiger partial charge on any atom is 0.0271 e. The Kier molecular flexibility index (Phi) is 6.38. The lowest BCUT2D eigenvalue weighted by Crippen LogP contribution is -2.33.